The van der Waals surface area contributed by atoms with Crippen molar-refractivity contribution in [3.05, 3.63) is 60.3 Å². The zero-order valence-electron chi connectivity index (χ0n) is 11.3. The molecular weight excluding hydrogens is 352 g/mol. The van der Waals surface area contributed by atoms with Crippen LogP contribution in [0.1, 0.15) is 17.4 Å². The number of nitrogens with zero attached hydrogens (tertiary/aromatic N) is 2. The van der Waals surface area contributed by atoms with Crippen LogP contribution in [0.5, 0.6) is 5.75 Å². The molecule has 0 bridgehead atoms. The summed E-state index contributed by atoms with van der Waals surface area (Å²) in [5, 5.41) is 5.39. The van der Waals surface area contributed by atoms with Gasteiger partial charge in [-0.05, 0) is 25.1 Å². The summed E-state index contributed by atoms with van der Waals surface area (Å²) in [6.07, 6.45) is 0. The Kier molecular flexibility index (Phi) is 4.07. The first-order valence-corrected chi connectivity index (χ1v) is 8.39. The molecule has 21 heavy (non-hydrogen) atoms. The summed E-state index contributed by atoms with van der Waals surface area (Å²) in [6, 6.07) is 16.7. The van der Waals surface area contributed by atoms with Gasteiger partial charge in [0.1, 0.15) is 5.75 Å². The fourth-order valence-electron chi connectivity index (χ4n) is 2.06. The second kappa shape index (κ2) is 5.99. The molecule has 0 amide bonds. The van der Waals surface area contributed by atoms with Crippen molar-refractivity contribution in [3.63, 3.8) is 0 Å². The van der Waals surface area contributed by atoms with Crippen LogP contribution in [-0.2, 0) is 11.3 Å². The van der Waals surface area contributed by atoms with Crippen molar-refractivity contribution in [2.45, 2.75) is 11.8 Å². The molecule has 1 heterocycles. The van der Waals surface area contributed by atoms with Crippen molar-refractivity contribution in [3.8, 4) is 5.75 Å². The quantitative estimate of drug-likeness (QED) is 0.657. The van der Waals surface area contributed by atoms with E-state index >= 15 is 0 Å². The highest BCUT2D eigenvalue weighted by Crippen LogP contribution is 2.29. The van der Waals surface area contributed by atoms with E-state index in [2.05, 4.69) is 21.0 Å². The van der Waals surface area contributed by atoms with Crippen LogP contribution >= 0.6 is 15.9 Å². The van der Waals surface area contributed by atoms with Gasteiger partial charge in [-0.1, -0.05) is 52.3 Å². The molecule has 0 saturated carbocycles. The van der Waals surface area contributed by atoms with Crippen molar-refractivity contribution in [1.82, 2.24) is 9.19 Å². The summed E-state index contributed by atoms with van der Waals surface area (Å²) in [6.45, 7) is 1.99. The number of fused-ring (bicyclic) bond motifs is 1. The van der Waals surface area contributed by atoms with Gasteiger partial charge in [0, 0.05) is 5.39 Å². The number of aromatic nitrogens is 2. The number of rotatable bonds is 4. The van der Waals surface area contributed by atoms with Crippen LogP contribution < -0.4 is 4.18 Å². The van der Waals surface area contributed by atoms with Gasteiger partial charge < -0.3 is 4.18 Å². The Bertz CT molecular complexity index is 787. The van der Waals surface area contributed by atoms with Gasteiger partial charge in [0.05, 0.1) is 16.0 Å². The Labute approximate surface area is 133 Å². The summed E-state index contributed by atoms with van der Waals surface area (Å²) in [5.74, 6) is 0.545. The number of hydrogen-bond acceptors (Lipinski definition) is 3. The van der Waals surface area contributed by atoms with Crippen LogP contribution in [0.15, 0.2) is 54.6 Å². The zero-order chi connectivity index (χ0) is 14.8. The highest BCUT2D eigenvalue weighted by Gasteiger charge is 2.18. The van der Waals surface area contributed by atoms with Crippen molar-refractivity contribution in [2.24, 2.45) is 0 Å². The first-order valence-electron chi connectivity index (χ1n) is 6.44. The molecule has 0 N–H and O–H groups in total. The van der Waals surface area contributed by atoms with Crippen LogP contribution in [-0.4, -0.2) is 13.4 Å². The fourth-order valence-corrected chi connectivity index (χ4v) is 3.22. The third-order valence-corrected chi connectivity index (χ3v) is 4.34. The van der Waals surface area contributed by atoms with Gasteiger partial charge in [-0.15, -0.1) is 4.09 Å². The predicted molar refractivity (Wildman–Crippen MR) is 87.7 cm³/mol. The molecule has 0 fully saturated rings. The smallest absolute Gasteiger partial charge is 0.340 e. The molecule has 6 heteroatoms. The van der Waals surface area contributed by atoms with E-state index in [1.54, 1.807) is 12.1 Å². The second-order valence-electron chi connectivity index (χ2n) is 4.50. The average Bonchev–Trinajstić information content (AvgIpc) is 2.88. The lowest BCUT2D eigenvalue weighted by atomic mass is 10.2. The van der Waals surface area contributed by atoms with E-state index in [9.17, 15) is 4.21 Å². The van der Waals surface area contributed by atoms with Crippen LogP contribution in [0.3, 0.4) is 0 Å². The molecule has 0 aliphatic heterocycles. The number of benzene rings is 2. The molecular formula is C15H13BrN2O2S. The average molecular weight is 365 g/mol. The second-order valence-corrected chi connectivity index (χ2v) is 6.83. The Hall–Kier alpha value is -1.66. The number of alkyl halides is 1. The van der Waals surface area contributed by atoms with Crippen LogP contribution in [0, 0.1) is 0 Å². The monoisotopic (exact) mass is 364 g/mol. The van der Waals surface area contributed by atoms with Crippen molar-refractivity contribution >= 4 is 38.1 Å². The molecule has 3 aromatic rings. The lowest BCUT2D eigenvalue weighted by molar-refractivity contribution is 0.548. The summed E-state index contributed by atoms with van der Waals surface area (Å²) >= 11 is 1.80. The van der Waals surface area contributed by atoms with E-state index in [1.165, 1.54) is 4.09 Å². The predicted octanol–water partition coefficient (Wildman–Crippen LogP) is 4.00. The number of para-hydroxylation sites is 2. The first-order chi connectivity index (χ1) is 10.2. The molecule has 1 aromatic heterocycles. The van der Waals surface area contributed by atoms with E-state index in [1.807, 2.05) is 49.4 Å². The third kappa shape index (κ3) is 2.87. The van der Waals surface area contributed by atoms with E-state index in [-0.39, 0.29) is 4.83 Å². The Morgan fingerprint density at radius 1 is 1.14 bits per heavy atom. The molecule has 4 nitrogen and oxygen atoms in total. The summed E-state index contributed by atoms with van der Waals surface area (Å²) in [5.41, 5.74) is 1.63. The zero-order valence-corrected chi connectivity index (χ0v) is 13.7. The largest absolute Gasteiger partial charge is 0.384 e. The maximum Gasteiger partial charge on any atom is 0.340 e. The molecule has 0 aliphatic carbocycles. The van der Waals surface area contributed by atoms with Gasteiger partial charge >= 0.3 is 11.3 Å². The summed E-state index contributed by atoms with van der Waals surface area (Å²) in [4.78, 5) is 0.0670. The molecule has 2 aromatic carbocycles. The lowest BCUT2D eigenvalue weighted by Gasteiger charge is -2.04. The van der Waals surface area contributed by atoms with Crippen LogP contribution in [0.25, 0.3) is 10.9 Å². The SMILES string of the molecule is CC(Br)c1nn(S(=O)Oc2ccccc2)c2ccccc12. The van der Waals surface area contributed by atoms with Crippen LogP contribution in [0.4, 0.5) is 0 Å². The minimum atomic E-state index is -1.72. The summed E-state index contributed by atoms with van der Waals surface area (Å²) in [7, 11) is 0. The molecule has 0 spiro atoms. The topological polar surface area (TPSA) is 44.1 Å². The normalized spacial score (nSPS) is 14.0. The van der Waals surface area contributed by atoms with E-state index in [4.69, 9.17) is 4.18 Å². The van der Waals surface area contributed by atoms with Gasteiger partial charge in [-0.25, -0.2) is 0 Å². The van der Waals surface area contributed by atoms with Gasteiger partial charge in [-0.3, -0.25) is 0 Å². The van der Waals surface area contributed by atoms with E-state index in [0.29, 0.717) is 5.75 Å². The van der Waals surface area contributed by atoms with Gasteiger partial charge in [0.15, 0.2) is 0 Å². The molecule has 3 rings (SSSR count). The minimum Gasteiger partial charge on any atom is -0.384 e. The van der Waals surface area contributed by atoms with Gasteiger partial charge in [-0.2, -0.15) is 9.31 Å². The lowest BCUT2D eigenvalue weighted by Crippen LogP contribution is -2.12. The van der Waals surface area contributed by atoms with E-state index < -0.39 is 11.3 Å². The summed E-state index contributed by atoms with van der Waals surface area (Å²) < 4.78 is 19.3. The molecule has 2 atom stereocenters. The molecule has 0 saturated heterocycles. The minimum absolute atomic E-state index is 0.0670. The Balaban J connectivity index is 2.02. The fraction of sp³-hybridized carbons (Fsp3) is 0.133. The maximum atomic E-state index is 12.4. The third-order valence-electron chi connectivity index (χ3n) is 3.01. The Morgan fingerprint density at radius 2 is 1.81 bits per heavy atom. The molecule has 0 radical (unpaired) electrons. The standard InChI is InChI=1S/C15H13BrN2O2S/c1-11(16)15-13-9-5-6-10-14(13)18(17-15)21(19)20-12-7-3-2-4-8-12/h2-11H,1H3. The Morgan fingerprint density at radius 3 is 2.52 bits per heavy atom. The highest BCUT2D eigenvalue weighted by atomic mass is 79.9. The first kappa shape index (κ1) is 14.3. The number of halogens is 1. The van der Waals surface area contributed by atoms with Gasteiger partial charge in [0.2, 0.25) is 0 Å². The van der Waals surface area contributed by atoms with Crippen LogP contribution in [0.2, 0.25) is 0 Å². The van der Waals surface area contributed by atoms with Crippen molar-refractivity contribution < 1.29 is 8.39 Å². The molecule has 0 aliphatic rings. The van der Waals surface area contributed by atoms with Gasteiger partial charge in [0.25, 0.3) is 0 Å². The van der Waals surface area contributed by atoms with Crippen molar-refractivity contribution in [1.29, 1.82) is 0 Å². The van der Waals surface area contributed by atoms with E-state index in [0.717, 1.165) is 16.6 Å². The maximum absolute atomic E-state index is 12.4. The number of hydrogen-bond donors (Lipinski definition) is 0. The highest BCUT2D eigenvalue weighted by molar-refractivity contribution is 9.09. The molecule has 2 unspecified atom stereocenters. The molecule has 108 valence electrons. The van der Waals surface area contributed by atoms with Crippen molar-refractivity contribution in [2.75, 3.05) is 0 Å².